The fourth-order valence-corrected chi connectivity index (χ4v) is 6.71. The monoisotopic (exact) mass is 760 g/mol. The average Bonchev–Trinajstić information content (AvgIpc) is 3.74. The number of carbonyl (C=O) groups is 5. The molecule has 0 aromatic carbocycles. The summed E-state index contributed by atoms with van der Waals surface area (Å²) in [4.78, 5) is 63.9. The third-order valence-corrected chi connectivity index (χ3v) is 8.76. The van der Waals surface area contributed by atoms with Crippen molar-refractivity contribution >= 4 is 29.8 Å². The third kappa shape index (κ3) is 11.7. The first-order chi connectivity index (χ1) is 24.7. The van der Waals surface area contributed by atoms with Gasteiger partial charge in [-0.1, -0.05) is 0 Å². The Bertz CT molecular complexity index is 1320. The van der Waals surface area contributed by atoms with E-state index in [9.17, 15) is 24.0 Å². The van der Waals surface area contributed by atoms with E-state index in [1.54, 1.807) is 48.5 Å². The van der Waals surface area contributed by atoms with Crippen LogP contribution < -0.4 is 21.3 Å². The highest BCUT2D eigenvalue weighted by atomic mass is 16.8. The van der Waals surface area contributed by atoms with E-state index >= 15 is 0 Å². The van der Waals surface area contributed by atoms with Gasteiger partial charge in [-0.15, -0.1) is 0 Å². The van der Waals surface area contributed by atoms with Crippen molar-refractivity contribution < 1.29 is 71.3 Å². The van der Waals surface area contributed by atoms with Gasteiger partial charge < -0.3 is 68.6 Å². The van der Waals surface area contributed by atoms with E-state index in [-0.39, 0.29) is 38.8 Å². The Balaban J connectivity index is 1.36. The van der Waals surface area contributed by atoms with Crippen molar-refractivity contribution in [1.29, 1.82) is 0 Å². The molecule has 0 aromatic heterocycles. The molecular weight excluding hydrogens is 704 g/mol. The summed E-state index contributed by atoms with van der Waals surface area (Å²) in [5.41, 5.74) is -0.708. The van der Waals surface area contributed by atoms with Crippen LogP contribution in [0.1, 0.15) is 74.1 Å². The number of carbonyl (C=O) groups excluding carboxylic acids is 5. The van der Waals surface area contributed by atoms with Crippen LogP contribution in [0.25, 0.3) is 0 Å². The molecule has 4 N–H and O–H groups in total. The van der Waals surface area contributed by atoms with Crippen molar-refractivity contribution in [3.8, 4) is 0 Å². The number of nitrogens with one attached hydrogen (secondary N) is 4. The molecule has 4 aliphatic rings. The first-order valence-electron chi connectivity index (χ1n) is 17.7. The number of methoxy groups -OCH3 is 3. The number of esters is 1. The topological polar surface area (TPSA) is 226 Å². The molecule has 0 radical (unpaired) electrons. The van der Waals surface area contributed by atoms with Crippen LogP contribution in [-0.2, 0) is 66.5 Å². The molecule has 0 spiro atoms. The van der Waals surface area contributed by atoms with Gasteiger partial charge in [0, 0.05) is 46.6 Å². The minimum absolute atomic E-state index is 0.0208. The first-order valence-corrected chi connectivity index (χ1v) is 17.7. The Kier molecular flexibility index (Phi) is 14.1. The van der Waals surface area contributed by atoms with Gasteiger partial charge in [0.25, 0.3) is 0 Å². The van der Waals surface area contributed by atoms with E-state index < -0.39 is 108 Å². The first kappa shape index (κ1) is 42.6. The molecular formula is C34H56N4O15. The van der Waals surface area contributed by atoms with Crippen molar-refractivity contribution in [2.45, 2.75) is 153 Å². The summed E-state index contributed by atoms with van der Waals surface area (Å²) in [6.07, 6.45) is -7.20. The maximum Gasteiger partial charge on any atom is 0.407 e. The summed E-state index contributed by atoms with van der Waals surface area (Å²) in [5, 5.41) is 10.9. The van der Waals surface area contributed by atoms with Crippen molar-refractivity contribution in [2.24, 2.45) is 0 Å². The molecule has 0 bridgehead atoms. The maximum absolute atomic E-state index is 13.3. The van der Waals surface area contributed by atoms with Crippen LogP contribution in [0.3, 0.4) is 0 Å². The van der Waals surface area contributed by atoms with Crippen LogP contribution in [0.4, 0.5) is 4.79 Å². The Morgan fingerprint density at radius 2 is 1.08 bits per heavy atom. The predicted octanol–water partition coefficient (Wildman–Crippen LogP) is 0.113. The fraction of sp³-hybridized carbons (Fsp3) is 0.853. The second kappa shape index (κ2) is 17.5. The van der Waals surface area contributed by atoms with Gasteiger partial charge in [0.05, 0.1) is 25.6 Å². The number of hydrogen-bond acceptors (Lipinski definition) is 15. The molecule has 4 fully saturated rings. The lowest BCUT2D eigenvalue weighted by molar-refractivity contribution is -0.230. The van der Waals surface area contributed by atoms with Gasteiger partial charge >= 0.3 is 12.1 Å². The van der Waals surface area contributed by atoms with Crippen molar-refractivity contribution in [3.63, 3.8) is 0 Å². The van der Waals surface area contributed by atoms with Crippen LogP contribution in [0.15, 0.2) is 0 Å². The Morgan fingerprint density at radius 1 is 0.642 bits per heavy atom. The minimum Gasteiger partial charge on any atom is -0.469 e. The number of ether oxygens (including phenoxy) is 10. The molecule has 0 aromatic rings. The summed E-state index contributed by atoms with van der Waals surface area (Å²) in [7, 11) is 4.14. The number of amides is 4. The quantitative estimate of drug-likeness (QED) is 0.153. The van der Waals surface area contributed by atoms with E-state index in [0.717, 1.165) is 0 Å². The predicted molar refractivity (Wildman–Crippen MR) is 181 cm³/mol. The maximum atomic E-state index is 13.3. The lowest BCUT2D eigenvalue weighted by Gasteiger charge is -2.29. The van der Waals surface area contributed by atoms with Gasteiger partial charge in [0.2, 0.25) is 17.7 Å². The van der Waals surface area contributed by atoms with Gasteiger partial charge in [-0.05, 0) is 48.5 Å². The summed E-state index contributed by atoms with van der Waals surface area (Å²) >= 11 is 0. The second-order valence-corrected chi connectivity index (χ2v) is 15.2. The molecule has 4 heterocycles. The molecule has 4 rings (SSSR count). The molecule has 302 valence electrons. The Labute approximate surface area is 309 Å². The zero-order valence-corrected chi connectivity index (χ0v) is 32.1. The average molecular weight is 761 g/mol. The van der Waals surface area contributed by atoms with Crippen molar-refractivity contribution in [3.05, 3.63) is 0 Å². The Morgan fingerprint density at radius 3 is 1.51 bits per heavy atom. The smallest absolute Gasteiger partial charge is 0.407 e. The minimum atomic E-state index is -0.969. The van der Waals surface area contributed by atoms with Crippen LogP contribution in [0.2, 0.25) is 0 Å². The lowest BCUT2D eigenvalue weighted by Crippen LogP contribution is -2.51. The highest BCUT2D eigenvalue weighted by Gasteiger charge is 2.59. The molecule has 19 nitrogen and oxygen atoms in total. The zero-order chi connectivity index (χ0) is 39.3. The zero-order valence-electron chi connectivity index (χ0n) is 32.1. The third-order valence-electron chi connectivity index (χ3n) is 8.76. The van der Waals surface area contributed by atoms with E-state index in [0.29, 0.717) is 0 Å². The SMILES string of the molecule is COC(=O)C[C@@H](NC(=O)CCNC(=O)C[C@@H](NC(=O)CCNC(=O)OC(C)(C)C)[C@H]1O[C@H](OC)[C@H]2OC(C)(C)O[C@H]21)[C@H]1O[C@H](OC)[C@H]2OC(C)(C)O[C@H]21. The highest BCUT2D eigenvalue weighted by molar-refractivity contribution is 5.82. The molecule has 10 atom stereocenters. The molecule has 4 saturated heterocycles. The molecule has 0 saturated carbocycles. The lowest BCUT2D eigenvalue weighted by atomic mass is 10.00. The fourth-order valence-electron chi connectivity index (χ4n) is 6.71. The summed E-state index contributed by atoms with van der Waals surface area (Å²) in [5.74, 6) is -3.93. The number of alkyl carbamates (subject to hydrolysis) is 1. The normalized spacial score (nSPS) is 30.8. The van der Waals surface area contributed by atoms with Gasteiger partial charge in [-0.25, -0.2) is 4.79 Å². The van der Waals surface area contributed by atoms with Crippen LogP contribution in [0.5, 0.6) is 0 Å². The standard InChI is InChI=1S/C34H56N4O15/c1-32(2,3)53-31(43)36-14-12-20(40)37-17(23-25-27(29(45-9)47-23)51-33(4,5)49-25)15-21(41)35-13-11-19(39)38-18(16-22(42)44-8)24-26-28(30(46-10)48-24)52-34(6,7)50-26/h17-18,23-30H,11-16H2,1-10H3,(H,35,41)(H,36,43)(H,37,40)(H,38,39)/t17-,18-,23-,24-,25+,26+,27+,28+,29+,30+/m1/s1. The number of hydrogen-bond donors (Lipinski definition) is 4. The van der Waals surface area contributed by atoms with Gasteiger partial charge in [-0.2, -0.15) is 0 Å². The molecule has 0 unspecified atom stereocenters. The summed E-state index contributed by atoms with van der Waals surface area (Å²) < 4.78 is 57.1. The number of rotatable bonds is 16. The highest BCUT2D eigenvalue weighted by Crippen LogP contribution is 2.41. The van der Waals surface area contributed by atoms with Gasteiger partial charge in [0.15, 0.2) is 24.2 Å². The van der Waals surface area contributed by atoms with E-state index in [1.807, 2.05) is 0 Å². The van der Waals surface area contributed by atoms with E-state index in [1.165, 1.54) is 21.3 Å². The largest absolute Gasteiger partial charge is 0.469 e. The van der Waals surface area contributed by atoms with Crippen molar-refractivity contribution in [1.82, 2.24) is 21.3 Å². The second-order valence-electron chi connectivity index (χ2n) is 15.2. The number of fused-ring (bicyclic) bond motifs is 2. The molecule has 4 amide bonds. The van der Waals surface area contributed by atoms with Crippen LogP contribution in [-0.4, -0.2) is 143 Å². The summed E-state index contributed by atoms with van der Waals surface area (Å²) in [6, 6.07) is -1.77. The molecule has 0 aliphatic carbocycles. The van der Waals surface area contributed by atoms with E-state index in [4.69, 9.17) is 47.4 Å². The summed E-state index contributed by atoms with van der Waals surface area (Å²) in [6.45, 7) is 12.0. The van der Waals surface area contributed by atoms with Crippen LogP contribution in [0, 0.1) is 0 Å². The molecule has 53 heavy (non-hydrogen) atoms. The van der Waals surface area contributed by atoms with Gasteiger partial charge in [-0.3, -0.25) is 19.2 Å². The molecule has 19 heteroatoms. The van der Waals surface area contributed by atoms with Crippen LogP contribution >= 0.6 is 0 Å². The Hall–Kier alpha value is -3.17. The van der Waals surface area contributed by atoms with Crippen molar-refractivity contribution in [2.75, 3.05) is 34.4 Å². The molecule has 4 aliphatic heterocycles. The van der Waals surface area contributed by atoms with Gasteiger partial charge in [0.1, 0.15) is 42.2 Å². The van der Waals surface area contributed by atoms with E-state index in [2.05, 4.69) is 21.3 Å².